The van der Waals surface area contributed by atoms with E-state index < -0.39 is 53.9 Å². The second kappa shape index (κ2) is 12.4. The quantitative estimate of drug-likeness (QED) is 0.338. The van der Waals surface area contributed by atoms with E-state index in [1.165, 1.54) is 0 Å². The van der Waals surface area contributed by atoms with Gasteiger partial charge in [-0.3, -0.25) is 4.79 Å². The Bertz CT molecular complexity index is 775. The molecule has 0 radical (unpaired) electrons. The number of halogens is 1. The van der Waals surface area contributed by atoms with E-state index in [0.717, 1.165) is 31.0 Å². The lowest BCUT2D eigenvalue weighted by Gasteiger charge is -2.45. The van der Waals surface area contributed by atoms with E-state index in [1.807, 2.05) is 19.1 Å². The molecule has 10 heteroatoms. The number of aliphatic hydroxyl groups is 3. The van der Waals surface area contributed by atoms with Gasteiger partial charge in [-0.25, -0.2) is 4.39 Å². The largest absolute Gasteiger partial charge is 0.388 e. The predicted molar refractivity (Wildman–Crippen MR) is 136 cm³/mol. The summed E-state index contributed by atoms with van der Waals surface area (Å²) in [5, 5.41) is 37.9. The molecule has 4 aliphatic heterocycles. The van der Waals surface area contributed by atoms with Crippen molar-refractivity contribution >= 4 is 17.7 Å². The molecule has 12 atom stereocenters. The first-order valence-corrected chi connectivity index (χ1v) is 14.4. The molecule has 206 valence electrons. The van der Waals surface area contributed by atoms with Crippen molar-refractivity contribution in [3.05, 3.63) is 12.2 Å². The second-order valence-corrected chi connectivity index (χ2v) is 12.8. The number of hydrogen-bond donors (Lipinski definition) is 5. The lowest BCUT2D eigenvalue weighted by atomic mass is 9.85. The zero-order valence-corrected chi connectivity index (χ0v) is 22.3. The second-order valence-electron chi connectivity index (χ2n) is 11.4. The van der Waals surface area contributed by atoms with Crippen LogP contribution in [0.5, 0.6) is 0 Å². The Kier molecular flexibility index (Phi) is 9.74. The normalized spacial score (nSPS) is 46.6. The van der Waals surface area contributed by atoms with E-state index in [4.69, 9.17) is 9.47 Å². The summed E-state index contributed by atoms with van der Waals surface area (Å²) in [4.78, 5) is 13.6. The highest BCUT2D eigenvalue weighted by Crippen LogP contribution is 2.37. The monoisotopic (exact) mass is 530 g/mol. The summed E-state index contributed by atoms with van der Waals surface area (Å²) in [5.41, 5.74) is -0.913. The van der Waals surface area contributed by atoms with Gasteiger partial charge in [0.1, 0.15) is 42.6 Å². The number of alkyl halides is 1. The van der Waals surface area contributed by atoms with E-state index in [-0.39, 0.29) is 23.8 Å². The van der Waals surface area contributed by atoms with Gasteiger partial charge < -0.3 is 35.4 Å². The van der Waals surface area contributed by atoms with E-state index in [1.54, 1.807) is 0 Å². The van der Waals surface area contributed by atoms with Gasteiger partial charge in [0.25, 0.3) is 0 Å². The lowest BCUT2D eigenvalue weighted by molar-refractivity contribution is -0.207. The Morgan fingerprint density at radius 1 is 1.22 bits per heavy atom. The zero-order valence-electron chi connectivity index (χ0n) is 21.5. The van der Waals surface area contributed by atoms with Crippen LogP contribution >= 0.6 is 11.8 Å². The molecule has 0 saturated carbocycles. The van der Waals surface area contributed by atoms with Gasteiger partial charge in [0, 0.05) is 18.4 Å². The summed E-state index contributed by atoms with van der Waals surface area (Å²) in [6.07, 6.45) is 1.98. The number of carbonyl (C=O) groups is 1. The van der Waals surface area contributed by atoms with Gasteiger partial charge >= 0.3 is 0 Å². The van der Waals surface area contributed by atoms with Gasteiger partial charge in [-0.1, -0.05) is 32.9 Å². The smallest absolute Gasteiger partial charge is 0.240 e. The summed E-state index contributed by atoms with van der Waals surface area (Å²) < 4.78 is 25.8. The third kappa shape index (κ3) is 6.27. The highest BCUT2D eigenvalue weighted by molar-refractivity contribution is 8.00. The van der Waals surface area contributed by atoms with Gasteiger partial charge in [-0.15, -0.1) is 11.8 Å². The molecule has 5 N–H and O–H groups in total. The maximum Gasteiger partial charge on any atom is 0.240 e. The minimum Gasteiger partial charge on any atom is -0.388 e. The molecule has 0 aromatic heterocycles. The van der Waals surface area contributed by atoms with Crippen LogP contribution in [0.15, 0.2) is 12.2 Å². The van der Waals surface area contributed by atoms with Crippen LogP contribution in [0.3, 0.4) is 0 Å². The maximum atomic E-state index is 13.6. The van der Waals surface area contributed by atoms with Crippen molar-refractivity contribution in [1.82, 2.24) is 10.6 Å². The summed E-state index contributed by atoms with van der Waals surface area (Å²) in [6.45, 7) is 7.11. The van der Waals surface area contributed by atoms with Gasteiger partial charge in [0.2, 0.25) is 5.91 Å². The number of nitrogens with one attached hydrogen (secondary N) is 2. The molecular weight excluding hydrogens is 487 g/mol. The molecule has 4 aliphatic rings. The summed E-state index contributed by atoms with van der Waals surface area (Å²) >= 11 is 1.11. The van der Waals surface area contributed by atoms with E-state index in [0.29, 0.717) is 31.4 Å². The number of carbonyl (C=O) groups excluding carboxylic acids is 1. The fourth-order valence-corrected chi connectivity index (χ4v) is 7.42. The Hall–Kier alpha value is -0.750. The Balaban J connectivity index is 1.50. The number of fused-ring (bicyclic) bond motifs is 3. The summed E-state index contributed by atoms with van der Waals surface area (Å²) in [7, 11) is 0. The fourth-order valence-electron chi connectivity index (χ4n) is 6.23. The van der Waals surface area contributed by atoms with Gasteiger partial charge in [0.05, 0.1) is 12.1 Å². The average Bonchev–Trinajstić information content (AvgIpc) is 3.13. The number of amides is 1. The summed E-state index contributed by atoms with van der Waals surface area (Å²) in [5.74, 6) is 0.992. The van der Waals surface area contributed by atoms with Gasteiger partial charge in [0.15, 0.2) is 0 Å². The third-order valence-corrected chi connectivity index (χ3v) is 9.49. The van der Waals surface area contributed by atoms with Gasteiger partial charge in [-0.2, -0.15) is 0 Å². The number of hydrogen-bond acceptors (Lipinski definition) is 8. The van der Waals surface area contributed by atoms with Crippen LogP contribution in [0, 0.1) is 23.7 Å². The minimum absolute atomic E-state index is 0.217. The lowest BCUT2D eigenvalue weighted by Crippen LogP contribution is -2.65. The molecule has 2 bridgehead atoms. The molecule has 0 spiro atoms. The molecule has 4 heterocycles. The number of rotatable bonds is 5. The Labute approximate surface area is 217 Å². The van der Waals surface area contributed by atoms with Crippen molar-refractivity contribution in [2.24, 2.45) is 23.7 Å². The number of thioether (sulfide) groups is 1. The highest BCUT2D eigenvalue weighted by atomic mass is 32.2. The molecule has 36 heavy (non-hydrogen) atoms. The van der Waals surface area contributed by atoms with Crippen molar-refractivity contribution in [3.8, 4) is 0 Å². The van der Waals surface area contributed by atoms with Crippen LogP contribution in [-0.2, 0) is 14.3 Å². The molecule has 0 aromatic rings. The third-order valence-electron chi connectivity index (χ3n) is 8.13. The van der Waals surface area contributed by atoms with Crippen LogP contribution in [0.1, 0.15) is 46.5 Å². The molecule has 0 aliphatic carbocycles. The van der Waals surface area contributed by atoms with Gasteiger partial charge in [-0.05, 0) is 49.4 Å². The first-order valence-electron chi connectivity index (χ1n) is 13.4. The van der Waals surface area contributed by atoms with Crippen LogP contribution in [0.4, 0.5) is 4.39 Å². The molecule has 0 aromatic carbocycles. The van der Waals surface area contributed by atoms with Crippen molar-refractivity contribution in [3.63, 3.8) is 0 Å². The minimum atomic E-state index is -1.46. The van der Waals surface area contributed by atoms with Crippen LogP contribution < -0.4 is 10.6 Å². The standard InChI is InChI=1S/C26H43FN2O6S/c1-13(2)9-15-7-8-34-23-16(10-15)12-28-19(23)25(33)29-18-14(3)5-4-6-17(11-27)36-26-22(32)20(30)21(31)24(18)35-26/h4-5,13-24,26,28,30-32H,6-12H2,1-3H3,(H,29,33)/b5-4-/t14-,15?,16?,17+,18-,19?,20+,21-,22-,23?,24-,26-/m1/s1. The molecule has 4 unspecified atom stereocenters. The highest BCUT2D eigenvalue weighted by Gasteiger charge is 2.50. The topological polar surface area (TPSA) is 120 Å². The molecule has 8 nitrogen and oxygen atoms in total. The zero-order chi connectivity index (χ0) is 26.0. The number of aliphatic hydroxyl groups excluding tert-OH is 3. The maximum absolute atomic E-state index is 13.6. The van der Waals surface area contributed by atoms with E-state index in [9.17, 15) is 24.5 Å². The molecule has 3 fully saturated rings. The van der Waals surface area contributed by atoms with E-state index >= 15 is 0 Å². The Morgan fingerprint density at radius 2 is 2.00 bits per heavy atom. The number of allylic oxidation sites excluding steroid dienone is 1. The Morgan fingerprint density at radius 3 is 2.72 bits per heavy atom. The van der Waals surface area contributed by atoms with Crippen molar-refractivity contribution in [2.75, 3.05) is 19.8 Å². The molecule has 3 saturated heterocycles. The average molecular weight is 531 g/mol. The summed E-state index contributed by atoms with van der Waals surface area (Å²) in [6, 6.07) is -1.17. The fraction of sp³-hybridized carbons (Fsp3) is 0.885. The number of ether oxygens (including phenoxy) is 2. The van der Waals surface area contributed by atoms with E-state index in [2.05, 4.69) is 24.5 Å². The van der Waals surface area contributed by atoms with Crippen LogP contribution in [0.2, 0.25) is 0 Å². The molecular formula is C26H43FN2O6S. The van der Waals surface area contributed by atoms with Crippen LogP contribution in [0.25, 0.3) is 0 Å². The van der Waals surface area contributed by atoms with Crippen molar-refractivity contribution in [1.29, 1.82) is 0 Å². The SMILES string of the molecule is CC(C)CC1CCOC2C(CNC2C(=O)N[C@H]2[C@H]3O[C@H](S[C@H](CF)C/C=C\[C@H]2C)[C@H](O)[C@@H](O)[C@H]3O)C1. The van der Waals surface area contributed by atoms with Crippen molar-refractivity contribution < 1.29 is 34.0 Å². The van der Waals surface area contributed by atoms with Crippen LogP contribution in [-0.4, -0.2) is 94.3 Å². The first kappa shape index (κ1) is 28.3. The van der Waals surface area contributed by atoms with Crippen molar-refractivity contribution in [2.45, 2.75) is 99.7 Å². The molecule has 4 rings (SSSR count). The molecule has 1 amide bonds. The first-order chi connectivity index (χ1) is 17.2. The predicted octanol–water partition coefficient (Wildman–Crippen LogP) is 1.38.